The highest BCUT2D eigenvalue weighted by atomic mass is 16.5. The number of carbonyl (C=O) groups excluding carboxylic acids is 1. The molecule has 0 saturated carbocycles. The van der Waals surface area contributed by atoms with Crippen molar-refractivity contribution in [3.8, 4) is 5.75 Å². The molecule has 0 unspecified atom stereocenters. The number of hydrogen-bond acceptors (Lipinski definition) is 3. The topological polar surface area (TPSA) is 64.3 Å². The highest BCUT2D eigenvalue weighted by Gasteiger charge is 2.05. The molecule has 94 valence electrons. The number of nitrogens with one attached hydrogen (secondary N) is 1. The van der Waals surface area contributed by atoms with Gasteiger partial charge in [-0.1, -0.05) is 17.7 Å². The summed E-state index contributed by atoms with van der Waals surface area (Å²) in [5, 5.41) is 2.66. The summed E-state index contributed by atoms with van der Waals surface area (Å²) in [7, 11) is 0. The van der Waals surface area contributed by atoms with Crippen molar-refractivity contribution in [1.29, 1.82) is 0 Å². The Morgan fingerprint density at radius 2 is 1.88 bits per heavy atom. The maximum absolute atomic E-state index is 10.9. The van der Waals surface area contributed by atoms with Crippen molar-refractivity contribution in [2.24, 2.45) is 5.73 Å². The van der Waals surface area contributed by atoms with E-state index in [9.17, 15) is 4.79 Å². The van der Waals surface area contributed by atoms with Gasteiger partial charge in [0.2, 0.25) is 5.91 Å². The van der Waals surface area contributed by atoms with E-state index >= 15 is 0 Å². The molecule has 1 aromatic carbocycles. The van der Waals surface area contributed by atoms with Crippen LogP contribution in [0.5, 0.6) is 5.75 Å². The Hall–Kier alpha value is -1.55. The first-order valence-corrected chi connectivity index (χ1v) is 5.72. The molecule has 1 rings (SSSR count). The van der Waals surface area contributed by atoms with Gasteiger partial charge in [-0.2, -0.15) is 0 Å². The van der Waals surface area contributed by atoms with Crippen LogP contribution >= 0.6 is 0 Å². The lowest BCUT2D eigenvalue weighted by molar-refractivity contribution is -0.119. The lowest BCUT2D eigenvalue weighted by atomic mass is 10.1. The third kappa shape index (κ3) is 4.07. The minimum absolute atomic E-state index is 0.0165. The summed E-state index contributed by atoms with van der Waals surface area (Å²) in [4.78, 5) is 10.9. The Kier molecular flexibility index (Phi) is 4.97. The summed E-state index contributed by atoms with van der Waals surface area (Å²) in [5.41, 5.74) is 8.64. The Morgan fingerprint density at radius 1 is 1.29 bits per heavy atom. The predicted molar refractivity (Wildman–Crippen MR) is 68.2 cm³/mol. The first-order chi connectivity index (χ1) is 8.04. The molecular weight excluding hydrogens is 216 g/mol. The van der Waals surface area contributed by atoms with Crippen LogP contribution < -0.4 is 15.8 Å². The van der Waals surface area contributed by atoms with Gasteiger partial charge in [-0.25, -0.2) is 0 Å². The second kappa shape index (κ2) is 6.25. The van der Waals surface area contributed by atoms with Gasteiger partial charge in [0.05, 0.1) is 13.1 Å². The lowest BCUT2D eigenvalue weighted by Gasteiger charge is -2.13. The van der Waals surface area contributed by atoms with Crippen LogP contribution in [0.4, 0.5) is 0 Å². The van der Waals surface area contributed by atoms with Gasteiger partial charge in [-0.3, -0.25) is 4.79 Å². The SMILES string of the molecule is Cc1cc(C)c(OCCNC(=O)CN)c(C)c1. The number of rotatable bonds is 5. The van der Waals surface area contributed by atoms with E-state index in [4.69, 9.17) is 10.5 Å². The average molecular weight is 236 g/mol. The van der Waals surface area contributed by atoms with Crippen LogP contribution in [0.15, 0.2) is 12.1 Å². The van der Waals surface area contributed by atoms with E-state index in [2.05, 4.69) is 24.4 Å². The number of aryl methyl sites for hydroxylation is 3. The highest BCUT2D eigenvalue weighted by molar-refractivity contribution is 5.77. The van der Waals surface area contributed by atoms with Gasteiger partial charge in [0.15, 0.2) is 0 Å². The van der Waals surface area contributed by atoms with Crippen molar-refractivity contribution in [3.05, 3.63) is 28.8 Å². The number of benzene rings is 1. The zero-order valence-corrected chi connectivity index (χ0v) is 10.7. The van der Waals surface area contributed by atoms with Gasteiger partial charge in [0.25, 0.3) is 0 Å². The van der Waals surface area contributed by atoms with E-state index in [-0.39, 0.29) is 12.5 Å². The third-order valence-electron chi connectivity index (χ3n) is 2.46. The fourth-order valence-corrected chi connectivity index (χ4v) is 1.81. The first kappa shape index (κ1) is 13.5. The van der Waals surface area contributed by atoms with Crippen LogP contribution in [0, 0.1) is 20.8 Å². The van der Waals surface area contributed by atoms with E-state index < -0.39 is 0 Å². The van der Waals surface area contributed by atoms with Gasteiger partial charge in [-0.15, -0.1) is 0 Å². The van der Waals surface area contributed by atoms with E-state index in [1.54, 1.807) is 0 Å². The Bertz CT molecular complexity index is 379. The Balaban J connectivity index is 2.50. The maximum atomic E-state index is 10.9. The fraction of sp³-hybridized carbons (Fsp3) is 0.462. The monoisotopic (exact) mass is 236 g/mol. The van der Waals surface area contributed by atoms with Crippen molar-refractivity contribution in [2.75, 3.05) is 19.7 Å². The first-order valence-electron chi connectivity index (χ1n) is 5.72. The predicted octanol–water partition coefficient (Wildman–Crippen LogP) is 1.07. The average Bonchev–Trinajstić information content (AvgIpc) is 2.26. The largest absolute Gasteiger partial charge is 0.491 e. The Morgan fingerprint density at radius 3 is 2.41 bits per heavy atom. The van der Waals surface area contributed by atoms with Crippen LogP contribution in [-0.4, -0.2) is 25.6 Å². The van der Waals surface area contributed by atoms with Crippen molar-refractivity contribution in [1.82, 2.24) is 5.32 Å². The van der Waals surface area contributed by atoms with Gasteiger partial charge >= 0.3 is 0 Å². The number of hydrogen-bond donors (Lipinski definition) is 2. The third-order valence-corrected chi connectivity index (χ3v) is 2.46. The van der Waals surface area contributed by atoms with Gasteiger partial charge in [0.1, 0.15) is 12.4 Å². The molecule has 4 nitrogen and oxygen atoms in total. The quantitative estimate of drug-likeness (QED) is 0.751. The van der Waals surface area contributed by atoms with Gasteiger partial charge in [0, 0.05) is 0 Å². The second-order valence-corrected chi connectivity index (χ2v) is 4.13. The maximum Gasteiger partial charge on any atom is 0.233 e. The van der Waals surface area contributed by atoms with Crippen molar-refractivity contribution < 1.29 is 9.53 Å². The minimum Gasteiger partial charge on any atom is -0.491 e. The fourth-order valence-electron chi connectivity index (χ4n) is 1.81. The van der Waals surface area contributed by atoms with Crippen molar-refractivity contribution in [2.45, 2.75) is 20.8 Å². The summed E-state index contributed by atoms with van der Waals surface area (Å²) >= 11 is 0. The van der Waals surface area contributed by atoms with Crippen LogP contribution in [-0.2, 0) is 4.79 Å². The molecule has 0 heterocycles. The van der Waals surface area contributed by atoms with E-state index in [1.807, 2.05) is 13.8 Å². The molecule has 1 aromatic rings. The summed E-state index contributed by atoms with van der Waals surface area (Å²) < 4.78 is 5.66. The summed E-state index contributed by atoms with van der Waals surface area (Å²) in [6, 6.07) is 4.17. The van der Waals surface area contributed by atoms with Crippen LogP contribution in [0.25, 0.3) is 0 Å². The van der Waals surface area contributed by atoms with Crippen LogP contribution in [0.2, 0.25) is 0 Å². The molecule has 0 saturated heterocycles. The van der Waals surface area contributed by atoms with Gasteiger partial charge < -0.3 is 15.8 Å². The summed E-state index contributed by atoms with van der Waals surface area (Å²) in [5.74, 6) is 0.739. The molecule has 3 N–H and O–H groups in total. The number of nitrogens with two attached hydrogens (primary N) is 1. The molecule has 1 amide bonds. The van der Waals surface area contributed by atoms with Gasteiger partial charge in [-0.05, 0) is 31.9 Å². The molecule has 0 aromatic heterocycles. The minimum atomic E-state index is -0.161. The zero-order valence-electron chi connectivity index (χ0n) is 10.7. The molecule has 4 heteroatoms. The Labute approximate surface area is 102 Å². The molecule has 17 heavy (non-hydrogen) atoms. The zero-order chi connectivity index (χ0) is 12.8. The molecule has 0 aliphatic heterocycles. The molecular formula is C13H20N2O2. The van der Waals surface area contributed by atoms with E-state index in [0.717, 1.165) is 16.9 Å². The molecule has 0 radical (unpaired) electrons. The number of ether oxygens (including phenoxy) is 1. The smallest absolute Gasteiger partial charge is 0.233 e. The molecule has 0 bridgehead atoms. The summed E-state index contributed by atoms with van der Waals surface area (Å²) in [6.07, 6.45) is 0. The lowest BCUT2D eigenvalue weighted by Crippen LogP contribution is -2.33. The molecule has 0 spiro atoms. The molecule has 0 aliphatic carbocycles. The van der Waals surface area contributed by atoms with Crippen molar-refractivity contribution >= 4 is 5.91 Å². The molecule has 0 fully saturated rings. The normalized spacial score (nSPS) is 10.1. The number of carbonyl (C=O) groups is 1. The number of amides is 1. The van der Waals surface area contributed by atoms with E-state index in [0.29, 0.717) is 13.2 Å². The highest BCUT2D eigenvalue weighted by Crippen LogP contribution is 2.24. The second-order valence-electron chi connectivity index (χ2n) is 4.13. The van der Waals surface area contributed by atoms with Crippen LogP contribution in [0.1, 0.15) is 16.7 Å². The standard InChI is InChI=1S/C13H20N2O2/c1-9-6-10(2)13(11(3)7-9)17-5-4-15-12(16)8-14/h6-7H,4-5,8,14H2,1-3H3,(H,15,16). The summed E-state index contributed by atoms with van der Waals surface area (Å²) in [6.45, 7) is 7.05. The van der Waals surface area contributed by atoms with Crippen LogP contribution in [0.3, 0.4) is 0 Å². The molecule has 0 aliphatic rings. The van der Waals surface area contributed by atoms with Crippen molar-refractivity contribution in [3.63, 3.8) is 0 Å². The molecule has 0 atom stereocenters. The van der Waals surface area contributed by atoms with E-state index in [1.165, 1.54) is 5.56 Å².